The molecule has 0 aromatic heterocycles. The molecule has 0 atom stereocenters. The maximum absolute atomic E-state index is 14.1. The number of allylic oxidation sites excluding steroid dienone is 5. The fourth-order valence-electron chi connectivity index (χ4n) is 9.04. The van der Waals surface area contributed by atoms with Crippen molar-refractivity contribution in [3.8, 4) is 11.5 Å². The zero-order valence-corrected chi connectivity index (χ0v) is 36.2. The van der Waals surface area contributed by atoms with Crippen molar-refractivity contribution in [1.29, 1.82) is 0 Å². The molecule has 0 radical (unpaired) electrons. The van der Waals surface area contributed by atoms with E-state index in [4.69, 9.17) is 9.47 Å². The van der Waals surface area contributed by atoms with Crippen LogP contribution in [0.3, 0.4) is 0 Å². The molecule has 3 aliphatic rings. The first-order valence-electron chi connectivity index (χ1n) is 21.2. The Morgan fingerprint density at radius 2 is 1.37 bits per heavy atom. The number of anilines is 4. The molecule has 2 aliphatic heterocycles. The summed E-state index contributed by atoms with van der Waals surface area (Å²) in [5.74, 6) is 0.00360. The van der Waals surface area contributed by atoms with Gasteiger partial charge in [0.1, 0.15) is 18.0 Å². The van der Waals surface area contributed by atoms with E-state index in [0.29, 0.717) is 13.1 Å². The van der Waals surface area contributed by atoms with Crippen LogP contribution in [0.5, 0.6) is 11.5 Å². The Morgan fingerprint density at radius 3 is 1.93 bits per heavy atom. The molecule has 60 heavy (non-hydrogen) atoms. The summed E-state index contributed by atoms with van der Waals surface area (Å²) in [6.45, 7) is 14.0. The van der Waals surface area contributed by atoms with Gasteiger partial charge >= 0.3 is 5.97 Å². The molecule has 1 aliphatic carbocycles. The first-order valence-corrected chi connectivity index (χ1v) is 21.2. The lowest BCUT2D eigenvalue weighted by atomic mass is 9.77. The fraction of sp³-hybridized carbons (Fsp3) is 0.353. The number of methoxy groups -OCH3 is 2. The van der Waals surface area contributed by atoms with Gasteiger partial charge < -0.3 is 29.5 Å². The molecule has 4 aromatic carbocycles. The third-order valence-electron chi connectivity index (χ3n) is 12.5. The van der Waals surface area contributed by atoms with Crippen LogP contribution in [0.1, 0.15) is 102 Å². The average Bonchev–Trinajstić information content (AvgIpc) is 3.60. The summed E-state index contributed by atoms with van der Waals surface area (Å²) in [6.07, 6.45) is 10.3. The number of ether oxygens (including phenoxy) is 2. The number of ketones is 1. The van der Waals surface area contributed by atoms with Crippen molar-refractivity contribution in [2.45, 2.75) is 90.9 Å². The van der Waals surface area contributed by atoms with Crippen molar-refractivity contribution in [2.75, 3.05) is 37.1 Å². The highest BCUT2D eigenvalue weighted by Gasteiger charge is 2.46. The molecule has 0 unspecified atom stereocenters. The molecule has 9 heteroatoms. The van der Waals surface area contributed by atoms with E-state index in [2.05, 4.69) is 60.3 Å². The smallest absolute Gasteiger partial charge is 0.335 e. The van der Waals surface area contributed by atoms with Crippen LogP contribution in [0, 0.1) is 0 Å². The van der Waals surface area contributed by atoms with Gasteiger partial charge in [0.25, 0.3) is 0 Å². The van der Waals surface area contributed by atoms with Crippen LogP contribution in [0.25, 0.3) is 0 Å². The van der Waals surface area contributed by atoms with Gasteiger partial charge in [0.2, 0.25) is 5.69 Å². The number of benzene rings is 4. The minimum atomic E-state index is -0.986. The van der Waals surface area contributed by atoms with Gasteiger partial charge in [0.05, 0.1) is 25.2 Å². The number of hydrogen-bond donors (Lipinski definition) is 1. The van der Waals surface area contributed by atoms with Gasteiger partial charge in [-0.2, -0.15) is 4.58 Å². The Kier molecular flexibility index (Phi) is 11.8. The molecule has 312 valence electrons. The third kappa shape index (κ3) is 7.50. The number of rotatable bonds is 16. The molecule has 7 rings (SSSR count). The summed E-state index contributed by atoms with van der Waals surface area (Å²) in [6, 6.07) is 27.6. The maximum Gasteiger partial charge on any atom is 0.335 e. The van der Waals surface area contributed by atoms with E-state index < -0.39 is 16.8 Å². The van der Waals surface area contributed by atoms with Gasteiger partial charge in [0, 0.05) is 75.7 Å². The number of fused-ring (bicyclic) bond motifs is 2. The molecule has 2 heterocycles. The Balaban J connectivity index is 1.25. The maximum atomic E-state index is 14.1. The van der Waals surface area contributed by atoms with Crippen LogP contribution in [0.2, 0.25) is 0 Å². The van der Waals surface area contributed by atoms with E-state index in [1.165, 1.54) is 19.3 Å². The summed E-state index contributed by atoms with van der Waals surface area (Å²) in [4.78, 5) is 30.5. The van der Waals surface area contributed by atoms with Gasteiger partial charge in [-0.3, -0.25) is 4.79 Å². The van der Waals surface area contributed by atoms with Crippen LogP contribution in [0.4, 0.5) is 28.4 Å². The normalized spacial score (nSPS) is 17.6. The zero-order valence-electron chi connectivity index (χ0n) is 36.2. The third-order valence-corrected chi connectivity index (χ3v) is 12.5. The number of likely N-dealkylation sites (N-methyl/N-ethyl adjacent to an activating group) is 1. The van der Waals surface area contributed by atoms with E-state index in [9.17, 15) is 19.8 Å². The minimum absolute atomic E-state index is 0.164. The number of carbonyl (C=O) groups excluding carboxylic acids is 1. The Bertz CT molecular complexity index is 2390. The number of unbranched alkanes of at least 4 members (excludes halogenated alkanes) is 5. The molecule has 0 saturated carbocycles. The van der Waals surface area contributed by atoms with Crippen molar-refractivity contribution in [3.63, 3.8) is 0 Å². The SMILES string of the molecule is CCCCCCCC[N+]1=C(/C=C2/C(=O)C(/C=C3/N(CC)c4ccc(N(c5ccc(OC)cc5)c5ccc(OC)cc5)cc4C3(C)C)=C2[O-])C(C)(C)c2cc(C(=O)O)ccc21. The number of carboxylic acids is 1. The molecule has 4 aromatic rings. The largest absolute Gasteiger partial charge is 0.871 e. The van der Waals surface area contributed by atoms with Gasteiger partial charge in [-0.1, -0.05) is 52.2 Å². The highest BCUT2D eigenvalue weighted by atomic mass is 16.5. The molecule has 1 N–H and O–H groups in total. The van der Waals surface area contributed by atoms with Crippen molar-refractivity contribution in [3.05, 3.63) is 136 Å². The summed E-state index contributed by atoms with van der Waals surface area (Å²) >= 11 is 0. The lowest BCUT2D eigenvalue weighted by Gasteiger charge is -2.32. The number of nitrogens with zero attached hydrogens (tertiary/aromatic N) is 3. The fourth-order valence-corrected chi connectivity index (χ4v) is 9.04. The molecule has 9 nitrogen and oxygen atoms in total. The molecular formula is C51H57N3O6. The van der Waals surface area contributed by atoms with Crippen molar-refractivity contribution in [2.24, 2.45) is 0 Å². The van der Waals surface area contributed by atoms with E-state index in [1.807, 2.05) is 74.5 Å². The van der Waals surface area contributed by atoms with Crippen LogP contribution < -0.4 is 24.4 Å². The van der Waals surface area contributed by atoms with E-state index >= 15 is 0 Å². The van der Waals surface area contributed by atoms with E-state index in [1.54, 1.807) is 32.4 Å². The molecule has 0 saturated heterocycles. The van der Waals surface area contributed by atoms with Crippen molar-refractivity contribution < 1.29 is 33.9 Å². The predicted molar refractivity (Wildman–Crippen MR) is 238 cm³/mol. The number of aromatic carboxylic acids is 1. The summed E-state index contributed by atoms with van der Waals surface area (Å²) in [7, 11) is 3.31. The Hall–Kier alpha value is -6.09. The summed E-state index contributed by atoms with van der Waals surface area (Å²) in [5.41, 5.74) is 7.93. The quantitative estimate of drug-likeness (QED) is 0.0678. The van der Waals surface area contributed by atoms with E-state index in [-0.39, 0.29) is 28.3 Å². The highest BCUT2D eigenvalue weighted by molar-refractivity contribution is 6.24. The van der Waals surface area contributed by atoms with Crippen LogP contribution in [0.15, 0.2) is 120 Å². The predicted octanol–water partition coefficient (Wildman–Crippen LogP) is 10.4. The summed E-state index contributed by atoms with van der Waals surface area (Å²) < 4.78 is 13.1. The number of carboxylic acid groups (broad SMARTS) is 1. The van der Waals surface area contributed by atoms with Crippen molar-refractivity contribution in [1.82, 2.24) is 0 Å². The topological polar surface area (TPSA) is 105 Å². The van der Waals surface area contributed by atoms with E-state index in [0.717, 1.165) is 81.7 Å². The molecule has 0 bridgehead atoms. The first kappa shape index (κ1) is 42.0. The minimum Gasteiger partial charge on any atom is -0.871 e. The molecular weight excluding hydrogens is 751 g/mol. The second-order valence-corrected chi connectivity index (χ2v) is 16.9. The van der Waals surface area contributed by atoms with Gasteiger partial charge in [0.15, 0.2) is 11.5 Å². The van der Waals surface area contributed by atoms with Crippen LogP contribution >= 0.6 is 0 Å². The molecule has 0 spiro atoms. The molecule has 0 amide bonds. The zero-order chi connectivity index (χ0) is 42.9. The Morgan fingerprint density at radius 1 is 0.767 bits per heavy atom. The van der Waals surface area contributed by atoms with Crippen LogP contribution in [-0.4, -0.2) is 54.5 Å². The average molecular weight is 808 g/mol. The second kappa shape index (κ2) is 16.9. The Labute approximate surface area is 354 Å². The van der Waals surface area contributed by atoms with Crippen molar-refractivity contribution >= 4 is 45.9 Å². The second-order valence-electron chi connectivity index (χ2n) is 16.9. The number of hydrogen-bond acceptors (Lipinski definition) is 7. The lowest BCUT2D eigenvalue weighted by Crippen LogP contribution is -2.35. The monoisotopic (exact) mass is 807 g/mol. The molecule has 0 fully saturated rings. The first-order chi connectivity index (χ1) is 28.8. The standard InChI is InChI=1S/C51H57N3O6/c1-9-11-12-13-14-15-28-53-44-26-16-33(49(57)58)29-41(44)50(3,4)46(53)32-40-47(55)39(48(40)56)31-45-51(5,6)42-30-36(21-27-43(42)52(45)10-2)54(34-17-22-37(59-7)23-18-34)35-19-24-38(60-8)25-20-35/h16-27,29-32H,9-15,28H2,1-8H3,(H-,55,56,57,58). The highest BCUT2D eigenvalue weighted by Crippen LogP contribution is 2.51. The number of Topliss-reactive ketones (excluding diaryl/α,β-unsaturated/α-hetero) is 1. The summed E-state index contributed by atoms with van der Waals surface area (Å²) in [5, 5.41) is 24.0. The van der Waals surface area contributed by atoms with Gasteiger partial charge in [-0.25, -0.2) is 4.79 Å². The van der Waals surface area contributed by atoms with Crippen LogP contribution in [-0.2, 0) is 15.6 Å². The van der Waals surface area contributed by atoms with Gasteiger partial charge in [-0.15, -0.1) is 0 Å². The lowest BCUT2D eigenvalue weighted by molar-refractivity contribution is -0.438. The number of carbonyl (C=O) groups is 2. The van der Waals surface area contributed by atoms with Gasteiger partial charge in [-0.05, 0) is 118 Å².